The van der Waals surface area contributed by atoms with Crippen molar-refractivity contribution in [3.8, 4) is 0 Å². The molecular formula is C23H34O5. The Morgan fingerprint density at radius 2 is 2.14 bits per heavy atom. The van der Waals surface area contributed by atoms with Gasteiger partial charge in [-0.2, -0.15) is 0 Å². The van der Waals surface area contributed by atoms with Crippen LogP contribution in [0.5, 0.6) is 0 Å². The Morgan fingerprint density at radius 3 is 2.79 bits per heavy atom. The molecule has 5 nitrogen and oxygen atoms in total. The van der Waals surface area contributed by atoms with Crippen LogP contribution in [0.2, 0.25) is 0 Å². The van der Waals surface area contributed by atoms with Crippen LogP contribution >= 0.6 is 0 Å². The lowest BCUT2D eigenvalue weighted by molar-refractivity contribution is -0.0322. The summed E-state index contributed by atoms with van der Waals surface area (Å²) in [6.07, 6.45) is 14.4. The fraction of sp³-hybridized carbons (Fsp3) is 0.565. The van der Waals surface area contributed by atoms with Gasteiger partial charge in [-0.3, -0.25) is 0 Å². The second-order valence-electron chi connectivity index (χ2n) is 7.20. The van der Waals surface area contributed by atoms with Crippen LogP contribution in [-0.4, -0.2) is 42.4 Å². The van der Waals surface area contributed by atoms with E-state index in [1.807, 2.05) is 13.0 Å². The minimum atomic E-state index is -0.985. The third kappa shape index (κ3) is 6.66. The summed E-state index contributed by atoms with van der Waals surface area (Å²) < 4.78 is 16.6. The first kappa shape index (κ1) is 22.5. The second kappa shape index (κ2) is 11.9. The molecule has 4 atom stereocenters. The predicted octanol–water partition coefficient (Wildman–Crippen LogP) is 4.15. The summed E-state index contributed by atoms with van der Waals surface area (Å²) >= 11 is 0. The molecule has 28 heavy (non-hydrogen) atoms. The molecule has 0 aromatic heterocycles. The van der Waals surface area contributed by atoms with Crippen molar-refractivity contribution < 1.29 is 24.4 Å². The molecule has 0 saturated heterocycles. The average Bonchev–Trinajstić information content (AvgIpc) is 2.75. The van der Waals surface area contributed by atoms with Gasteiger partial charge in [-0.05, 0) is 55.7 Å². The Hall–Kier alpha value is -1.82. The number of ether oxygens (including phenoxy) is 3. The first-order valence-corrected chi connectivity index (χ1v) is 10.1. The number of hydrogen-bond donors (Lipinski definition) is 2. The van der Waals surface area contributed by atoms with Crippen LogP contribution in [0, 0.1) is 5.92 Å². The number of aliphatic hydroxyl groups is 2. The lowest BCUT2D eigenvalue weighted by Crippen LogP contribution is -2.29. The van der Waals surface area contributed by atoms with E-state index < -0.39 is 12.4 Å². The first-order valence-electron chi connectivity index (χ1n) is 10.1. The van der Waals surface area contributed by atoms with Crippen molar-refractivity contribution >= 4 is 0 Å². The fourth-order valence-electron chi connectivity index (χ4n) is 3.49. The van der Waals surface area contributed by atoms with Crippen LogP contribution in [0.25, 0.3) is 0 Å². The van der Waals surface area contributed by atoms with Crippen molar-refractivity contribution in [2.45, 2.75) is 63.9 Å². The first-order chi connectivity index (χ1) is 13.6. The molecule has 0 aliphatic heterocycles. The van der Waals surface area contributed by atoms with E-state index in [2.05, 4.69) is 18.7 Å². The van der Waals surface area contributed by atoms with Gasteiger partial charge in [0.1, 0.15) is 0 Å². The summed E-state index contributed by atoms with van der Waals surface area (Å²) in [4.78, 5) is 0. The Morgan fingerprint density at radius 1 is 1.32 bits per heavy atom. The summed E-state index contributed by atoms with van der Waals surface area (Å²) in [5.41, 5.74) is 1.75. The molecule has 0 radical (unpaired) electrons. The molecule has 0 aromatic rings. The lowest BCUT2D eigenvalue weighted by atomic mass is 9.89. The molecule has 0 aromatic carbocycles. The SMILES string of the molecule is C=CC1=C(C(O)O/C=C/C(CC)OCC(O)[C@@H]2CC=C(OC)CC2)CCC=C1. The van der Waals surface area contributed by atoms with Gasteiger partial charge in [0, 0.05) is 12.0 Å². The maximum absolute atomic E-state index is 10.4. The molecule has 5 heteroatoms. The average molecular weight is 391 g/mol. The van der Waals surface area contributed by atoms with Gasteiger partial charge in [-0.1, -0.05) is 31.7 Å². The third-order valence-corrected chi connectivity index (χ3v) is 5.37. The number of allylic oxidation sites excluding steroid dienone is 6. The van der Waals surface area contributed by atoms with E-state index in [0.717, 1.165) is 55.4 Å². The number of hydrogen-bond acceptors (Lipinski definition) is 5. The summed E-state index contributed by atoms with van der Waals surface area (Å²) in [7, 11) is 1.68. The highest BCUT2D eigenvalue weighted by Gasteiger charge is 2.23. The van der Waals surface area contributed by atoms with Crippen LogP contribution in [0.3, 0.4) is 0 Å². The van der Waals surface area contributed by atoms with Crippen LogP contribution in [0.1, 0.15) is 45.4 Å². The molecule has 0 bridgehead atoms. The summed E-state index contributed by atoms with van der Waals surface area (Å²) in [5, 5.41) is 20.7. The topological polar surface area (TPSA) is 68.2 Å². The van der Waals surface area contributed by atoms with Gasteiger partial charge in [0.2, 0.25) is 6.29 Å². The monoisotopic (exact) mass is 390 g/mol. The van der Waals surface area contributed by atoms with Gasteiger partial charge in [-0.15, -0.1) is 0 Å². The number of methoxy groups -OCH3 is 1. The van der Waals surface area contributed by atoms with Crippen molar-refractivity contribution in [2.24, 2.45) is 5.92 Å². The van der Waals surface area contributed by atoms with Crippen molar-refractivity contribution in [1.29, 1.82) is 0 Å². The maximum Gasteiger partial charge on any atom is 0.220 e. The normalized spacial score (nSPS) is 23.3. The van der Waals surface area contributed by atoms with Crippen LogP contribution in [0.15, 0.2) is 60.1 Å². The molecule has 2 rings (SSSR count). The van der Waals surface area contributed by atoms with E-state index >= 15 is 0 Å². The third-order valence-electron chi connectivity index (χ3n) is 5.37. The molecule has 3 unspecified atom stereocenters. The van der Waals surface area contributed by atoms with Gasteiger partial charge in [0.25, 0.3) is 0 Å². The molecule has 0 saturated carbocycles. The van der Waals surface area contributed by atoms with Gasteiger partial charge < -0.3 is 24.4 Å². The highest BCUT2D eigenvalue weighted by Crippen LogP contribution is 2.27. The number of rotatable bonds is 11. The molecular weight excluding hydrogens is 356 g/mol. The van der Waals surface area contributed by atoms with E-state index in [1.54, 1.807) is 19.3 Å². The van der Waals surface area contributed by atoms with E-state index in [0.29, 0.717) is 0 Å². The minimum absolute atomic E-state index is 0.172. The summed E-state index contributed by atoms with van der Waals surface area (Å²) in [6, 6.07) is 0. The Kier molecular flexibility index (Phi) is 9.55. The predicted molar refractivity (Wildman–Crippen MR) is 110 cm³/mol. The molecule has 0 amide bonds. The zero-order valence-corrected chi connectivity index (χ0v) is 17.0. The second-order valence-corrected chi connectivity index (χ2v) is 7.20. The van der Waals surface area contributed by atoms with Crippen molar-refractivity contribution in [1.82, 2.24) is 0 Å². The Bertz CT molecular complexity index is 616. The van der Waals surface area contributed by atoms with Crippen LogP contribution < -0.4 is 0 Å². The fourth-order valence-corrected chi connectivity index (χ4v) is 3.49. The molecule has 0 heterocycles. The van der Waals surface area contributed by atoms with Crippen LogP contribution in [-0.2, 0) is 14.2 Å². The highest BCUT2D eigenvalue weighted by atomic mass is 16.6. The molecule has 2 aliphatic rings. The van der Waals surface area contributed by atoms with Crippen LogP contribution in [0.4, 0.5) is 0 Å². The Balaban J connectivity index is 1.78. The lowest BCUT2D eigenvalue weighted by Gasteiger charge is -2.26. The van der Waals surface area contributed by atoms with Crippen molar-refractivity contribution in [3.63, 3.8) is 0 Å². The highest BCUT2D eigenvalue weighted by molar-refractivity contribution is 5.38. The van der Waals surface area contributed by atoms with E-state index in [9.17, 15) is 10.2 Å². The number of aliphatic hydroxyl groups excluding tert-OH is 2. The van der Waals surface area contributed by atoms with Crippen molar-refractivity contribution in [3.05, 3.63) is 60.1 Å². The zero-order valence-electron chi connectivity index (χ0n) is 17.0. The minimum Gasteiger partial charge on any atom is -0.501 e. The van der Waals surface area contributed by atoms with Gasteiger partial charge >= 0.3 is 0 Å². The van der Waals surface area contributed by atoms with E-state index in [-0.39, 0.29) is 18.6 Å². The van der Waals surface area contributed by atoms with Gasteiger partial charge in [0.05, 0.1) is 37.9 Å². The molecule has 0 spiro atoms. The molecule has 0 fully saturated rings. The van der Waals surface area contributed by atoms with E-state index in [4.69, 9.17) is 14.2 Å². The van der Waals surface area contributed by atoms with Gasteiger partial charge in [0.15, 0.2) is 0 Å². The van der Waals surface area contributed by atoms with Crippen molar-refractivity contribution in [2.75, 3.05) is 13.7 Å². The quantitative estimate of drug-likeness (QED) is 0.410. The molecule has 156 valence electrons. The largest absolute Gasteiger partial charge is 0.501 e. The Labute approximate surface area is 168 Å². The molecule has 2 N–H and O–H groups in total. The summed E-state index contributed by atoms with van der Waals surface area (Å²) in [6.45, 7) is 6.07. The standard InChI is InChI=1S/C23H34O5/c1-4-17-8-6-7-9-21(17)23(25)27-15-14-19(5-2)28-16-22(24)18-10-12-20(26-3)13-11-18/h4,6,8,12,14-15,18-19,22-25H,1,5,7,9-11,13,16H2,2-3H3/b15-14+/t18-,19?,22?,23?/m1/s1. The molecule has 2 aliphatic carbocycles. The zero-order chi connectivity index (χ0) is 20.4. The van der Waals surface area contributed by atoms with Gasteiger partial charge in [-0.25, -0.2) is 0 Å². The smallest absolute Gasteiger partial charge is 0.220 e. The summed E-state index contributed by atoms with van der Waals surface area (Å²) in [5.74, 6) is 1.19. The maximum atomic E-state index is 10.4. The van der Waals surface area contributed by atoms with E-state index in [1.165, 1.54) is 6.26 Å².